The monoisotopic (exact) mass is 354 g/mol. The van der Waals surface area contributed by atoms with E-state index in [9.17, 15) is 9.59 Å². The van der Waals surface area contributed by atoms with Gasteiger partial charge in [-0.2, -0.15) is 0 Å². The number of thiazole rings is 1. The number of carbonyl (C=O) groups excluding carboxylic acids is 2. The number of hydrogen-bond donors (Lipinski definition) is 2. The molecule has 0 saturated heterocycles. The molecule has 1 aromatic carbocycles. The summed E-state index contributed by atoms with van der Waals surface area (Å²) in [7, 11) is 1.92. The van der Waals surface area contributed by atoms with Gasteiger partial charge in [0.1, 0.15) is 5.69 Å². The molecule has 0 spiro atoms. The van der Waals surface area contributed by atoms with Crippen molar-refractivity contribution >= 4 is 33.2 Å². The van der Waals surface area contributed by atoms with Gasteiger partial charge in [-0.15, -0.1) is 5.10 Å². The molecule has 0 atom stereocenters. The lowest BCUT2D eigenvalue weighted by atomic mass is 9.94. The Kier molecular flexibility index (Phi) is 3.80. The largest absolute Gasteiger partial charge is 0.354 e. The van der Waals surface area contributed by atoms with Gasteiger partial charge in [-0.05, 0) is 37.5 Å². The lowest BCUT2D eigenvalue weighted by Crippen LogP contribution is -2.24. The molecule has 0 radical (unpaired) electrons. The number of nitrogens with one attached hydrogen (secondary N) is 2. The first-order valence-corrected chi connectivity index (χ1v) is 9.01. The molecule has 0 bridgehead atoms. The molecule has 1 aliphatic carbocycles. The van der Waals surface area contributed by atoms with Crippen LogP contribution < -0.4 is 10.2 Å². The van der Waals surface area contributed by atoms with Gasteiger partial charge in [0.2, 0.25) is 4.80 Å². The minimum Gasteiger partial charge on any atom is -0.354 e. The van der Waals surface area contributed by atoms with E-state index in [0.29, 0.717) is 28.0 Å². The first-order chi connectivity index (χ1) is 12.1. The minimum absolute atomic E-state index is 0.113. The van der Waals surface area contributed by atoms with E-state index in [4.69, 9.17) is 0 Å². The Bertz CT molecular complexity index is 1070. The SMILES string of the molecule is Cc1c(C(=O)NN=c2sc3ccccc3n2C)[nH]c2c1C(=O)CCC2. The third-order valence-corrected chi connectivity index (χ3v) is 5.74. The molecular formula is C18H18N4O2S. The highest BCUT2D eigenvalue weighted by Gasteiger charge is 2.26. The fourth-order valence-corrected chi connectivity index (χ4v) is 4.32. The zero-order valence-electron chi connectivity index (χ0n) is 14.0. The van der Waals surface area contributed by atoms with E-state index in [2.05, 4.69) is 15.5 Å². The number of benzene rings is 1. The molecule has 6 nitrogen and oxygen atoms in total. The summed E-state index contributed by atoms with van der Waals surface area (Å²) >= 11 is 1.51. The van der Waals surface area contributed by atoms with Crippen LogP contribution in [0.4, 0.5) is 0 Å². The summed E-state index contributed by atoms with van der Waals surface area (Å²) in [4.78, 5) is 28.4. The van der Waals surface area contributed by atoms with Gasteiger partial charge in [-0.3, -0.25) is 9.59 Å². The zero-order valence-corrected chi connectivity index (χ0v) is 14.9. The highest BCUT2D eigenvalue weighted by atomic mass is 32.1. The number of H-pyrrole nitrogens is 1. The molecule has 25 heavy (non-hydrogen) atoms. The van der Waals surface area contributed by atoms with Crippen LogP contribution in [0.15, 0.2) is 29.4 Å². The molecule has 0 aliphatic heterocycles. The number of ketones is 1. The average Bonchev–Trinajstić information content (AvgIpc) is 3.12. The van der Waals surface area contributed by atoms with Crippen LogP contribution in [0.1, 0.15) is 44.9 Å². The predicted octanol–water partition coefficient (Wildman–Crippen LogP) is 2.64. The molecule has 2 heterocycles. The summed E-state index contributed by atoms with van der Waals surface area (Å²) in [6, 6.07) is 7.99. The highest BCUT2D eigenvalue weighted by molar-refractivity contribution is 7.16. The second kappa shape index (κ2) is 6.00. The number of Topliss-reactive ketones (excluding diaryl/α,β-unsaturated/α-hetero) is 1. The fourth-order valence-electron chi connectivity index (χ4n) is 3.34. The number of para-hydroxylation sites is 1. The van der Waals surface area contributed by atoms with Crippen molar-refractivity contribution in [2.24, 2.45) is 12.1 Å². The summed E-state index contributed by atoms with van der Waals surface area (Å²) < 4.78 is 3.05. The van der Waals surface area contributed by atoms with Crippen LogP contribution in [0.25, 0.3) is 10.2 Å². The number of fused-ring (bicyclic) bond motifs is 2. The zero-order chi connectivity index (χ0) is 17.6. The van der Waals surface area contributed by atoms with Crippen molar-refractivity contribution in [3.8, 4) is 0 Å². The molecular weight excluding hydrogens is 336 g/mol. The van der Waals surface area contributed by atoms with Gasteiger partial charge in [0.15, 0.2) is 5.78 Å². The Morgan fingerprint density at radius 1 is 1.32 bits per heavy atom. The van der Waals surface area contributed by atoms with Crippen molar-refractivity contribution in [3.05, 3.63) is 51.6 Å². The average molecular weight is 354 g/mol. The second-order valence-electron chi connectivity index (χ2n) is 6.22. The summed E-state index contributed by atoms with van der Waals surface area (Å²) in [6.45, 7) is 1.81. The molecule has 2 N–H and O–H groups in total. The van der Waals surface area contributed by atoms with Crippen LogP contribution in [0.5, 0.6) is 0 Å². The van der Waals surface area contributed by atoms with E-state index in [-0.39, 0.29) is 11.7 Å². The van der Waals surface area contributed by atoms with E-state index >= 15 is 0 Å². The number of aryl methyl sites for hydroxylation is 2. The summed E-state index contributed by atoms with van der Waals surface area (Å²) in [5, 5.41) is 4.26. The van der Waals surface area contributed by atoms with Crippen LogP contribution in [-0.4, -0.2) is 21.2 Å². The lowest BCUT2D eigenvalue weighted by molar-refractivity contribution is 0.0947. The first kappa shape index (κ1) is 15.8. The maximum Gasteiger partial charge on any atom is 0.288 e. The normalized spacial score (nSPS) is 14.8. The van der Waals surface area contributed by atoms with E-state index < -0.39 is 0 Å². The van der Waals surface area contributed by atoms with Crippen LogP contribution in [0.2, 0.25) is 0 Å². The summed E-state index contributed by atoms with van der Waals surface area (Å²) in [5.74, 6) is -0.209. The van der Waals surface area contributed by atoms with Crippen molar-refractivity contribution in [2.45, 2.75) is 26.2 Å². The molecule has 0 unspecified atom stereocenters. The molecule has 128 valence electrons. The number of aromatic amines is 1. The van der Waals surface area contributed by atoms with Gasteiger partial charge >= 0.3 is 0 Å². The molecule has 2 aromatic heterocycles. The number of rotatable bonds is 2. The van der Waals surface area contributed by atoms with Crippen LogP contribution in [0, 0.1) is 6.92 Å². The Morgan fingerprint density at radius 2 is 2.12 bits per heavy atom. The summed E-state index contributed by atoms with van der Waals surface area (Å²) in [6.07, 6.45) is 2.18. The number of hydrogen-bond acceptors (Lipinski definition) is 4. The second-order valence-corrected chi connectivity index (χ2v) is 7.23. The third kappa shape index (κ3) is 2.60. The highest BCUT2D eigenvalue weighted by Crippen LogP contribution is 2.26. The van der Waals surface area contributed by atoms with Gasteiger partial charge < -0.3 is 9.55 Å². The standard InChI is InChI=1S/C18H18N4O2S/c1-10-15-11(6-5-8-13(15)23)19-16(10)17(24)20-21-18-22(2)12-7-3-4-9-14(12)25-18/h3-4,7,9,19H,5-6,8H2,1-2H3,(H,20,24). The minimum atomic E-state index is -0.322. The van der Waals surface area contributed by atoms with Crippen molar-refractivity contribution in [1.82, 2.24) is 15.0 Å². The van der Waals surface area contributed by atoms with Gasteiger partial charge in [-0.25, -0.2) is 5.43 Å². The third-order valence-electron chi connectivity index (χ3n) is 4.63. The van der Waals surface area contributed by atoms with E-state index in [1.807, 2.05) is 42.8 Å². The van der Waals surface area contributed by atoms with Crippen molar-refractivity contribution in [1.29, 1.82) is 0 Å². The molecule has 0 fully saturated rings. The number of aromatic nitrogens is 2. The van der Waals surface area contributed by atoms with Gasteiger partial charge in [0, 0.05) is 24.7 Å². The van der Waals surface area contributed by atoms with Crippen molar-refractivity contribution in [3.63, 3.8) is 0 Å². The molecule has 4 rings (SSSR count). The smallest absolute Gasteiger partial charge is 0.288 e. The number of amides is 1. The van der Waals surface area contributed by atoms with E-state index in [1.54, 1.807) is 0 Å². The van der Waals surface area contributed by atoms with Crippen molar-refractivity contribution in [2.75, 3.05) is 0 Å². The molecule has 1 amide bonds. The van der Waals surface area contributed by atoms with Crippen LogP contribution in [0.3, 0.4) is 0 Å². The topological polar surface area (TPSA) is 79.2 Å². The summed E-state index contributed by atoms with van der Waals surface area (Å²) in [5.41, 5.74) is 6.37. The maximum atomic E-state index is 12.5. The Hall–Kier alpha value is -2.67. The van der Waals surface area contributed by atoms with Crippen molar-refractivity contribution < 1.29 is 9.59 Å². The molecule has 3 aromatic rings. The van der Waals surface area contributed by atoms with Gasteiger partial charge in [-0.1, -0.05) is 23.5 Å². The van der Waals surface area contributed by atoms with Crippen LogP contribution >= 0.6 is 11.3 Å². The lowest BCUT2D eigenvalue weighted by Gasteiger charge is -2.09. The Morgan fingerprint density at radius 3 is 2.88 bits per heavy atom. The van der Waals surface area contributed by atoms with E-state index in [0.717, 1.165) is 28.8 Å². The Balaban J connectivity index is 1.66. The fraction of sp³-hybridized carbons (Fsp3) is 0.278. The van der Waals surface area contributed by atoms with E-state index in [1.165, 1.54) is 11.3 Å². The molecule has 7 heteroatoms. The number of nitrogens with zero attached hydrogens (tertiary/aromatic N) is 2. The Labute approximate surface area is 148 Å². The maximum absolute atomic E-state index is 12.5. The molecule has 0 saturated carbocycles. The van der Waals surface area contributed by atoms with Gasteiger partial charge in [0.05, 0.1) is 10.2 Å². The quantitative estimate of drug-likeness (QED) is 0.694. The number of carbonyl (C=O) groups is 2. The molecule has 1 aliphatic rings. The first-order valence-electron chi connectivity index (χ1n) is 8.19. The van der Waals surface area contributed by atoms with Crippen LogP contribution in [-0.2, 0) is 13.5 Å². The van der Waals surface area contributed by atoms with Gasteiger partial charge in [0.25, 0.3) is 5.91 Å². The predicted molar refractivity (Wildman–Crippen MR) is 96.6 cm³/mol.